The van der Waals surface area contributed by atoms with Gasteiger partial charge in [-0.2, -0.15) is 0 Å². The highest BCUT2D eigenvalue weighted by Gasteiger charge is 2.30. The Labute approximate surface area is 715 Å². The van der Waals surface area contributed by atoms with Crippen molar-refractivity contribution in [1.82, 2.24) is 58.3 Å². The third-order valence-corrected chi connectivity index (χ3v) is 22.0. The molecule has 3 aliphatic rings. The summed E-state index contributed by atoms with van der Waals surface area (Å²) in [5.41, 5.74) is 29.2. The molecule has 38 heteroatoms. The van der Waals surface area contributed by atoms with Crippen molar-refractivity contribution in [2.24, 2.45) is 0 Å². The van der Waals surface area contributed by atoms with Crippen molar-refractivity contribution in [3.8, 4) is 34.5 Å². The molecule has 12 aromatic rings. The van der Waals surface area contributed by atoms with Crippen molar-refractivity contribution >= 4 is 134 Å². The minimum atomic E-state index is -4.96. The number of imidazole rings is 3. The van der Waals surface area contributed by atoms with E-state index in [1.54, 1.807) is 30.3 Å². The van der Waals surface area contributed by atoms with Gasteiger partial charge in [-0.25, -0.2) is 39.0 Å². The lowest BCUT2D eigenvalue weighted by atomic mass is 10.1. The van der Waals surface area contributed by atoms with E-state index in [-0.39, 0.29) is 128 Å². The molecular weight excluding hydrogens is 1650 g/mol. The van der Waals surface area contributed by atoms with Gasteiger partial charge in [0.15, 0.2) is 40.5 Å². The molecule has 14 N–H and O–H groups in total. The average Bonchev–Trinajstić information content (AvgIpc) is 1.61. The number of carbonyl (C=O) groups is 6. The number of imide groups is 3. The van der Waals surface area contributed by atoms with Gasteiger partial charge in [-0.15, -0.1) is 0 Å². The van der Waals surface area contributed by atoms with E-state index >= 15 is 0 Å². The number of nitrogen functional groups attached to an aromatic ring is 3. The van der Waals surface area contributed by atoms with E-state index < -0.39 is 21.4 Å². The molecule has 6 amide bonds. The number of aromatic nitrogens is 9. The number of fused-ring (bicyclic) bond motifs is 9. The summed E-state index contributed by atoms with van der Waals surface area (Å²) in [6.45, 7) is 9.18. The van der Waals surface area contributed by atoms with E-state index in [2.05, 4.69) is 50.9 Å². The van der Waals surface area contributed by atoms with Gasteiger partial charge in [0.2, 0.25) is 0 Å². The lowest BCUT2D eigenvalue weighted by Gasteiger charge is -2.16. The molecule has 0 aliphatic carbocycles. The summed E-state index contributed by atoms with van der Waals surface area (Å²) >= 11 is 0. The number of anilines is 3. The summed E-state index contributed by atoms with van der Waals surface area (Å²) in [4.78, 5) is 139. The maximum atomic E-state index is 11.7. The predicted octanol–water partition coefficient (Wildman–Crippen LogP) is 9.89. The zero-order chi connectivity index (χ0) is 89.0. The van der Waals surface area contributed by atoms with Gasteiger partial charge in [0.05, 0.1) is 112 Å². The molecule has 0 unspecified atom stereocenters. The zero-order valence-corrected chi connectivity index (χ0v) is 70.5. The molecule has 6 aromatic heterocycles. The van der Waals surface area contributed by atoms with Gasteiger partial charge >= 0.3 is 15.6 Å². The summed E-state index contributed by atoms with van der Waals surface area (Å²) in [5.74, 6) is -0.145. The van der Waals surface area contributed by atoms with Crippen LogP contribution in [0.3, 0.4) is 0 Å². The van der Waals surface area contributed by atoms with E-state index in [0.717, 1.165) is 121 Å². The Morgan fingerprint density at radius 1 is 0.376 bits per heavy atom. The van der Waals surface area contributed by atoms with Crippen molar-refractivity contribution in [1.29, 1.82) is 0 Å². The smallest absolute Gasteiger partial charge is 0.508 e. The number of aryl methyl sites for hydroxylation is 3. The highest BCUT2D eigenvalue weighted by Crippen LogP contribution is 2.46. The summed E-state index contributed by atoms with van der Waals surface area (Å²) in [5, 5.41) is 44.2. The summed E-state index contributed by atoms with van der Waals surface area (Å²) in [6, 6.07) is 30.9. The lowest BCUT2D eigenvalue weighted by molar-refractivity contribution is -0.139. The maximum absolute atomic E-state index is 11.7. The molecule has 0 saturated carbocycles. The Hall–Kier alpha value is -13.0. The number of hydrogen-bond donors (Lipinski definition) is 11. The maximum Gasteiger partial charge on any atom is 0.524 e. The number of pyridine rings is 3. The molecule has 15 rings (SSSR count). The first-order valence-electron chi connectivity index (χ1n) is 40.6. The van der Waals surface area contributed by atoms with Gasteiger partial charge in [0, 0.05) is 88.6 Å². The number of benzene rings is 6. The Morgan fingerprint density at radius 3 is 1.10 bits per heavy atom. The number of amides is 6. The molecule has 3 aliphatic heterocycles. The Bertz CT molecular complexity index is 6300. The highest BCUT2D eigenvalue weighted by molar-refractivity contribution is 7.47. The van der Waals surface area contributed by atoms with E-state index in [4.69, 9.17) is 50.9 Å². The van der Waals surface area contributed by atoms with Crippen LogP contribution in [0, 0.1) is 0 Å². The molecular formula is C87H95N15O21P2. The van der Waals surface area contributed by atoms with Crippen LogP contribution >= 0.6 is 15.6 Å². The van der Waals surface area contributed by atoms with Crippen LogP contribution < -0.4 is 26.2 Å². The first kappa shape index (κ1) is 89.7. The van der Waals surface area contributed by atoms with E-state index in [0.29, 0.717) is 120 Å². The molecule has 0 saturated heterocycles. The second kappa shape index (κ2) is 39.7. The number of phenols is 4. The number of phosphoric ester groups is 2. The SMILES string of the molecule is CCCCc1nc2c(N)nc3ccc(CCOCCN4C(=O)C=CC4=O)cc3c2n1Cc1cc(O)ccc1O.CCCCc1nc2c(N)nc3ccc(CCOCCN4C(=O)C=CC4=O)cc3c2n1Cc1cccc(O)c1OP(=O)(O)O.CCCCc1nc2c(N)nc3ccc(CCOCCN4C(=O)C=CC4=O)cc3c2n1Cc1cccc(OP(=O)(O)O)c1O. The van der Waals surface area contributed by atoms with Gasteiger partial charge in [-0.3, -0.25) is 63.0 Å². The number of phenolic OH excluding ortho intramolecular Hbond substituents is 4. The molecule has 0 fully saturated rings. The average molecular weight is 1750 g/mol. The van der Waals surface area contributed by atoms with Gasteiger partial charge in [0.25, 0.3) is 35.4 Å². The van der Waals surface area contributed by atoms with Crippen LogP contribution in [0.1, 0.15) is 110 Å². The quantitative estimate of drug-likeness (QED) is 0.00746. The molecule has 9 heterocycles. The topological polar surface area (TPSA) is 524 Å². The Balaban J connectivity index is 0.000000161. The molecule has 0 bridgehead atoms. The zero-order valence-electron chi connectivity index (χ0n) is 68.7. The van der Waals surface area contributed by atoms with Crippen LogP contribution in [0.25, 0.3) is 65.8 Å². The number of hydrogen-bond acceptors (Lipinski definition) is 26. The molecule has 0 radical (unpaired) electrons. The molecule has 654 valence electrons. The second-order valence-electron chi connectivity index (χ2n) is 29.9. The number of nitrogens with two attached hydrogens (primary N) is 3. The number of ether oxygens (including phenoxy) is 3. The van der Waals surface area contributed by atoms with Crippen molar-refractivity contribution in [3.63, 3.8) is 0 Å². The molecule has 125 heavy (non-hydrogen) atoms. The van der Waals surface area contributed by atoms with Gasteiger partial charge < -0.3 is 74.6 Å². The minimum absolute atomic E-state index is 0.0744. The van der Waals surface area contributed by atoms with Gasteiger partial charge in [0.1, 0.15) is 45.5 Å². The summed E-state index contributed by atoms with van der Waals surface area (Å²) in [7, 11) is -9.84. The standard InChI is InChI=1S/2C29H32N5O8P.C29H31N5O5/c1-2-3-7-23-32-26-27(34(23)17-19-5-4-6-22(28(19)37)42-43(38,39)40)20-16-18(8-9-21(20)31-29(26)30)12-14-41-15-13-33-24(35)10-11-25(33)36;1-2-3-7-23-32-26-27(34(23)17-19-5-4-6-22(35)28(19)42-43(38,39)40)20-16-18(8-9-21(20)31-29(26)30)12-14-41-15-13-33-24(36)10-11-25(33)37;1-2-3-4-24-32-27-28(34(24)17-19-16-20(35)6-8-23(19)36)21-15-18(5-7-22(21)31-29(27)30)11-13-39-14-12-33-25(37)9-10-26(33)38/h4-6,8-11,16,37H,2-3,7,12-15,17H2,1H3,(H2,30,31)(H2,38,39,40);4-6,8-11,16,35H,2-3,7,12-15,17H2,1H3,(H2,30,31)(H2,38,39,40);5-10,15-16,35-36H,2-4,11-14,17H2,1H3,(H2,30,31). The molecule has 6 aromatic carbocycles. The second-order valence-corrected chi connectivity index (χ2v) is 32.2. The van der Waals surface area contributed by atoms with Crippen molar-refractivity contribution in [3.05, 3.63) is 197 Å². The van der Waals surface area contributed by atoms with Crippen molar-refractivity contribution in [2.75, 3.05) is 76.5 Å². The van der Waals surface area contributed by atoms with E-state index in [1.807, 2.05) is 57.7 Å². The normalized spacial score (nSPS) is 13.5. The Kier molecular flexibility index (Phi) is 28.5. The number of carbonyl (C=O) groups excluding carboxylic acids is 6. The monoisotopic (exact) mass is 1750 g/mol. The summed E-state index contributed by atoms with van der Waals surface area (Å²) < 4.78 is 55.7. The number of nitrogens with zero attached hydrogens (tertiary/aromatic N) is 12. The fourth-order valence-electron chi connectivity index (χ4n) is 14.9. The number of aromatic hydroxyl groups is 4. The van der Waals surface area contributed by atoms with E-state index in [1.165, 1.54) is 60.7 Å². The molecule has 36 nitrogen and oxygen atoms in total. The van der Waals surface area contributed by atoms with Gasteiger partial charge in [-0.1, -0.05) is 82.5 Å². The molecule has 0 atom stereocenters. The first-order valence-corrected chi connectivity index (χ1v) is 43.7. The molecule has 0 spiro atoms. The third kappa shape index (κ3) is 21.4. The van der Waals surface area contributed by atoms with E-state index in [9.17, 15) is 77.9 Å². The fraction of sp³-hybridized carbons (Fsp3) is 0.310. The van der Waals surface area contributed by atoms with Crippen molar-refractivity contribution in [2.45, 2.75) is 117 Å². The summed E-state index contributed by atoms with van der Waals surface area (Å²) in [6.07, 6.45) is 16.7. The fourth-order valence-corrected chi connectivity index (χ4v) is 15.7. The van der Waals surface area contributed by atoms with Crippen LogP contribution in [-0.4, -0.2) is 193 Å². The van der Waals surface area contributed by atoms with Crippen LogP contribution in [0.2, 0.25) is 0 Å². The third-order valence-electron chi connectivity index (χ3n) is 21.1. The first-order chi connectivity index (χ1) is 60.0. The number of para-hydroxylation sites is 2. The minimum Gasteiger partial charge on any atom is -0.508 e. The predicted molar refractivity (Wildman–Crippen MR) is 464 cm³/mol. The Morgan fingerprint density at radius 2 is 0.728 bits per heavy atom. The largest absolute Gasteiger partial charge is 0.524 e. The lowest BCUT2D eigenvalue weighted by Crippen LogP contribution is -2.33. The van der Waals surface area contributed by atoms with Crippen LogP contribution in [0.5, 0.6) is 34.5 Å². The van der Waals surface area contributed by atoms with Crippen LogP contribution in [-0.2, 0) is 110 Å². The van der Waals surface area contributed by atoms with Crippen molar-refractivity contribution < 1.29 is 101 Å². The number of unbranched alkanes of at least 4 members (excludes halogenated alkanes) is 3. The number of rotatable bonds is 37. The van der Waals surface area contributed by atoms with Crippen LogP contribution in [0.4, 0.5) is 17.5 Å². The van der Waals surface area contributed by atoms with Crippen LogP contribution in [0.15, 0.2) is 146 Å². The number of phosphoric acid groups is 2. The van der Waals surface area contributed by atoms with Gasteiger partial charge in [-0.05, 0) is 122 Å². The highest BCUT2D eigenvalue weighted by atomic mass is 31.2.